The molecule has 0 aromatic carbocycles. The predicted molar refractivity (Wildman–Crippen MR) is 123 cm³/mol. The van der Waals surface area contributed by atoms with Crippen molar-refractivity contribution in [2.75, 3.05) is 0 Å². The molecule has 0 fully saturated rings. The minimum absolute atomic E-state index is 1.26. The standard InChI is InChI=1S/C22H47NSi2/c1-7-9-11-13-15-17-19-21-24(3,4)23-25(5,6)22-20-18-16-14-12-10-8-2/h19-23H,7-18H2,1-6H3. The molecular formula is C22H47NSi2. The summed E-state index contributed by atoms with van der Waals surface area (Å²) in [7, 11) is -2.84. The van der Waals surface area contributed by atoms with E-state index in [2.05, 4.69) is 68.2 Å². The van der Waals surface area contributed by atoms with Crippen LogP contribution in [0.15, 0.2) is 23.6 Å². The lowest BCUT2D eigenvalue weighted by Crippen LogP contribution is -2.57. The number of allylic oxidation sites excluding steroid dienone is 2. The molecule has 0 atom stereocenters. The van der Waals surface area contributed by atoms with Crippen molar-refractivity contribution in [3.05, 3.63) is 23.6 Å². The van der Waals surface area contributed by atoms with Gasteiger partial charge in [-0.3, -0.25) is 0 Å². The minimum Gasteiger partial charge on any atom is -0.353 e. The van der Waals surface area contributed by atoms with Gasteiger partial charge in [-0.2, -0.15) is 0 Å². The van der Waals surface area contributed by atoms with Crippen LogP contribution in [-0.4, -0.2) is 16.5 Å². The van der Waals surface area contributed by atoms with Gasteiger partial charge in [0.15, 0.2) is 0 Å². The number of rotatable bonds is 16. The molecule has 0 aromatic heterocycles. The third kappa shape index (κ3) is 17.1. The summed E-state index contributed by atoms with van der Waals surface area (Å²) in [6.07, 6.45) is 21.2. The van der Waals surface area contributed by atoms with Gasteiger partial charge in [0, 0.05) is 0 Å². The predicted octanol–water partition coefficient (Wildman–Crippen LogP) is 7.90. The smallest absolute Gasteiger partial charge is 0.137 e. The average molecular weight is 382 g/mol. The first-order valence-corrected chi connectivity index (χ1v) is 17.1. The molecule has 1 nitrogen and oxygen atoms in total. The van der Waals surface area contributed by atoms with Crippen LogP contribution in [0.4, 0.5) is 0 Å². The van der Waals surface area contributed by atoms with Crippen molar-refractivity contribution in [3.63, 3.8) is 0 Å². The summed E-state index contributed by atoms with van der Waals surface area (Å²) >= 11 is 0. The zero-order valence-electron chi connectivity index (χ0n) is 18.3. The van der Waals surface area contributed by atoms with Crippen LogP contribution in [0, 0.1) is 0 Å². The summed E-state index contributed by atoms with van der Waals surface area (Å²) < 4.78 is 4.06. The second-order valence-corrected chi connectivity index (χ2v) is 17.3. The Balaban J connectivity index is 4.05. The van der Waals surface area contributed by atoms with Crippen LogP contribution in [0.1, 0.15) is 90.9 Å². The number of hydrogen-bond donors (Lipinski definition) is 1. The fourth-order valence-corrected chi connectivity index (χ4v) is 12.2. The van der Waals surface area contributed by atoms with Gasteiger partial charge in [-0.15, -0.1) is 0 Å². The SMILES string of the molecule is CCCCCCCC=C[Si](C)(C)N[Si](C)(C)C=CCCCCCCC. The minimum atomic E-state index is -1.42. The van der Waals surface area contributed by atoms with E-state index in [4.69, 9.17) is 0 Å². The first kappa shape index (κ1) is 24.9. The van der Waals surface area contributed by atoms with Gasteiger partial charge >= 0.3 is 0 Å². The Bertz CT molecular complexity index is 325. The molecule has 3 heteroatoms. The summed E-state index contributed by atoms with van der Waals surface area (Å²) in [4.78, 5) is 0. The maximum absolute atomic E-state index is 4.06. The van der Waals surface area contributed by atoms with E-state index < -0.39 is 16.5 Å². The van der Waals surface area contributed by atoms with Gasteiger partial charge in [-0.05, 0) is 25.7 Å². The van der Waals surface area contributed by atoms with Crippen molar-refractivity contribution >= 4 is 16.5 Å². The third-order valence-corrected chi connectivity index (χ3v) is 12.0. The maximum atomic E-state index is 4.06. The molecule has 0 rings (SSSR count). The van der Waals surface area contributed by atoms with Crippen LogP contribution in [0.3, 0.4) is 0 Å². The zero-order valence-corrected chi connectivity index (χ0v) is 20.3. The number of hydrogen-bond acceptors (Lipinski definition) is 1. The summed E-state index contributed by atoms with van der Waals surface area (Å²) in [6, 6.07) is 0. The lowest BCUT2D eigenvalue weighted by Gasteiger charge is -2.30. The summed E-state index contributed by atoms with van der Waals surface area (Å²) in [6.45, 7) is 14.4. The van der Waals surface area contributed by atoms with E-state index in [9.17, 15) is 0 Å². The van der Waals surface area contributed by atoms with Crippen LogP contribution < -0.4 is 4.65 Å². The Labute approximate surface area is 161 Å². The van der Waals surface area contributed by atoms with Gasteiger partial charge < -0.3 is 4.65 Å². The largest absolute Gasteiger partial charge is 0.353 e. The highest BCUT2D eigenvalue weighted by molar-refractivity contribution is 6.95. The molecule has 148 valence electrons. The van der Waals surface area contributed by atoms with Crippen molar-refractivity contribution in [2.24, 2.45) is 0 Å². The fourth-order valence-electron chi connectivity index (χ4n) is 3.40. The Hall–Kier alpha value is -0.126. The molecule has 0 unspecified atom stereocenters. The van der Waals surface area contributed by atoms with E-state index in [0.717, 1.165) is 0 Å². The Morgan fingerprint density at radius 2 is 0.920 bits per heavy atom. The van der Waals surface area contributed by atoms with E-state index in [0.29, 0.717) is 0 Å². The van der Waals surface area contributed by atoms with Crippen LogP contribution in [0.2, 0.25) is 26.2 Å². The van der Waals surface area contributed by atoms with Gasteiger partial charge in [0.05, 0.1) is 0 Å². The monoisotopic (exact) mass is 381 g/mol. The lowest BCUT2D eigenvalue weighted by atomic mass is 10.1. The lowest BCUT2D eigenvalue weighted by molar-refractivity contribution is 0.637. The van der Waals surface area contributed by atoms with Gasteiger partial charge in [0.2, 0.25) is 0 Å². The number of unbranched alkanes of at least 4 members (excludes halogenated alkanes) is 10. The van der Waals surface area contributed by atoms with E-state index in [1.165, 1.54) is 77.0 Å². The Morgan fingerprint density at radius 3 is 1.28 bits per heavy atom. The first-order chi connectivity index (χ1) is 11.8. The third-order valence-electron chi connectivity index (χ3n) is 4.66. The molecule has 0 radical (unpaired) electrons. The van der Waals surface area contributed by atoms with Crippen molar-refractivity contribution in [1.29, 1.82) is 0 Å². The summed E-state index contributed by atoms with van der Waals surface area (Å²) in [5.74, 6) is 0. The van der Waals surface area contributed by atoms with Crippen molar-refractivity contribution in [1.82, 2.24) is 4.65 Å². The van der Waals surface area contributed by atoms with Gasteiger partial charge in [0.1, 0.15) is 16.5 Å². The molecule has 0 aromatic rings. The van der Waals surface area contributed by atoms with E-state index in [1.807, 2.05) is 0 Å². The van der Waals surface area contributed by atoms with Crippen molar-refractivity contribution in [2.45, 2.75) is 117 Å². The highest BCUT2D eigenvalue weighted by Gasteiger charge is 2.26. The second kappa shape index (κ2) is 15.0. The molecule has 0 saturated heterocycles. The molecule has 1 N–H and O–H groups in total. The molecule has 0 aliphatic rings. The maximum Gasteiger partial charge on any atom is 0.137 e. The molecular weight excluding hydrogens is 334 g/mol. The van der Waals surface area contributed by atoms with Crippen LogP contribution in [-0.2, 0) is 0 Å². The second-order valence-electron chi connectivity index (χ2n) is 8.78. The molecule has 0 spiro atoms. The van der Waals surface area contributed by atoms with Crippen LogP contribution >= 0.6 is 0 Å². The fraction of sp³-hybridized carbons (Fsp3) is 0.818. The van der Waals surface area contributed by atoms with Crippen LogP contribution in [0.5, 0.6) is 0 Å². The topological polar surface area (TPSA) is 12.0 Å². The van der Waals surface area contributed by atoms with E-state index in [1.54, 1.807) is 0 Å². The zero-order chi connectivity index (χ0) is 19.0. The normalized spacial score (nSPS) is 13.4. The molecule has 25 heavy (non-hydrogen) atoms. The van der Waals surface area contributed by atoms with Crippen molar-refractivity contribution < 1.29 is 0 Å². The molecule has 0 aliphatic carbocycles. The Kier molecular flexibility index (Phi) is 14.9. The quantitative estimate of drug-likeness (QED) is 0.211. The molecule has 0 bridgehead atoms. The van der Waals surface area contributed by atoms with Gasteiger partial charge in [-0.1, -0.05) is 115 Å². The van der Waals surface area contributed by atoms with Crippen molar-refractivity contribution in [3.8, 4) is 0 Å². The molecule has 0 amide bonds. The molecule has 0 saturated carbocycles. The average Bonchev–Trinajstić information content (AvgIpc) is 2.52. The molecule has 0 aliphatic heterocycles. The summed E-state index contributed by atoms with van der Waals surface area (Å²) in [5, 5.41) is 0. The number of nitrogens with one attached hydrogen (secondary N) is 1. The Morgan fingerprint density at radius 1 is 0.560 bits per heavy atom. The highest BCUT2D eigenvalue weighted by atomic mass is 28.4. The van der Waals surface area contributed by atoms with Gasteiger partial charge in [-0.25, -0.2) is 0 Å². The van der Waals surface area contributed by atoms with E-state index in [-0.39, 0.29) is 0 Å². The summed E-state index contributed by atoms with van der Waals surface area (Å²) in [5.41, 5.74) is 5.06. The van der Waals surface area contributed by atoms with E-state index >= 15 is 0 Å². The molecule has 0 heterocycles. The highest BCUT2D eigenvalue weighted by Crippen LogP contribution is 2.12. The first-order valence-electron chi connectivity index (χ1n) is 11.0. The van der Waals surface area contributed by atoms with Crippen LogP contribution in [0.25, 0.3) is 0 Å². The van der Waals surface area contributed by atoms with Gasteiger partial charge in [0.25, 0.3) is 0 Å².